The molecule has 0 amide bonds. The summed E-state index contributed by atoms with van der Waals surface area (Å²) in [5, 5.41) is 0. The van der Waals surface area contributed by atoms with Gasteiger partial charge in [-0.1, -0.05) is 49.8 Å². The number of allylic oxidation sites excluding steroid dienone is 5. The smallest absolute Gasteiger partial charge is 0.302 e. The van der Waals surface area contributed by atoms with Crippen LogP contribution in [0.5, 0.6) is 0 Å². The molecule has 0 bridgehead atoms. The maximum atomic E-state index is 10.5. The van der Waals surface area contributed by atoms with Crippen LogP contribution in [0.3, 0.4) is 0 Å². The third kappa shape index (κ3) is 12.7. The van der Waals surface area contributed by atoms with E-state index in [9.17, 15) is 4.79 Å². The lowest BCUT2D eigenvalue weighted by Crippen LogP contribution is -1.99. The van der Waals surface area contributed by atoms with E-state index in [1.165, 1.54) is 19.8 Å². The SMILES string of the molecule is C=C/C=C\C=C/CCCCCCOC(C)=O. The van der Waals surface area contributed by atoms with E-state index in [-0.39, 0.29) is 5.97 Å². The molecule has 0 N–H and O–H groups in total. The van der Waals surface area contributed by atoms with Crippen LogP contribution in [0.2, 0.25) is 0 Å². The van der Waals surface area contributed by atoms with Crippen molar-refractivity contribution in [2.24, 2.45) is 0 Å². The summed E-state index contributed by atoms with van der Waals surface area (Å²) in [6, 6.07) is 0. The fourth-order valence-electron chi connectivity index (χ4n) is 1.25. The van der Waals surface area contributed by atoms with Gasteiger partial charge in [0.15, 0.2) is 0 Å². The zero-order valence-corrected chi connectivity index (χ0v) is 10.2. The number of carbonyl (C=O) groups is 1. The van der Waals surface area contributed by atoms with Crippen LogP contribution in [0.1, 0.15) is 39.0 Å². The van der Waals surface area contributed by atoms with Gasteiger partial charge in [0, 0.05) is 6.92 Å². The Hall–Kier alpha value is -1.31. The molecule has 0 unspecified atom stereocenters. The molecule has 2 heteroatoms. The van der Waals surface area contributed by atoms with Gasteiger partial charge in [0.25, 0.3) is 0 Å². The molecule has 0 atom stereocenters. The van der Waals surface area contributed by atoms with E-state index in [0.29, 0.717) is 6.61 Å². The Morgan fingerprint density at radius 1 is 1.12 bits per heavy atom. The van der Waals surface area contributed by atoms with Gasteiger partial charge in [0.05, 0.1) is 6.61 Å². The average Bonchev–Trinajstić information content (AvgIpc) is 2.25. The first-order chi connectivity index (χ1) is 7.77. The van der Waals surface area contributed by atoms with Crippen molar-refractivity contribution in [3.63, 3.8) is 0 Å². The summed E-state index contributed by atoms with van der Waals surface area (Å²) in [6.45, 7) is 5.60. The second-order valence-electron chi connectivity index (χ2n) is 3.59. The van der Waals surface area contributed by atoms with Crippen LogP contribution >= 0.6 is 0 Å². The Balaban J connectivity index is 3.15. The lowest BCUT2D eigenvalue weighted by Gasteiger charge is -2.00. The molecule has 90 valence electrons. The minimum atomic E-state index is -0.183. The first-order valence-electron chi connectivity index (χ1n) is 5.85. The van der Waals surface area contributed by atoms with E-state index in [1.54, 1.807) is 6.08 Å². The van der Waals surface area contributed by atoms with E-state index in [2.05, 4.69) is 12.7 Å². The van der Waals surface area contributed by atoms with Crippen LogP contribution in [0, 0.1) is 0 Å². The van der Waals surface area contributed by atoms with Crippen LogP contribution in [0.15, 0.2) is 37.0 Å². The number of carbonyl (C=O) groups excluding carboxylic acids is 1. The molecule has 16 heavy (non-hydrogen) atoms. The van der Waals surface area contributed by atoms with Gasteiger partial charge in [0.1, 0.15) is 0 Å². The predicted octanol–water partition coefficient (Wildman–Crippen LogP) is 3.80. The number of hydrogen-bond acceptors (Lipinski definition) is 2. The Kier molecular flexibility index (Phi) is 10.8. The fraction of sp³-hybridized carbons (Fsp3) is 0.500. The lowest BCUT2D eigenvalue weighted by molar-refractivity contribution is -0.141. The molecule has 0 saturated carbocycles. The van der Waals surface area contributed by atoms with Gasteiger partial charge in [0.2, 0.25) is 0 Å². The highest BCUT2D eigenvalue weighted by Gasteiger charge is 1.92. The van der Waals surface area contributed by atoms with Crippen molar-refractivity contribution in [3.8, 4) is 0 Å². The molecule has 0 aromatic rings. The van der Waals surface area contributed by atoms with Crippen LogP contribution < -0.4 is 0 Å². The van der Waals surface area contributed by atoms with E-state index >= 15 is 0 Å². The first-order valence-corrected chi connectivity index (χ1v) is 5.85. The highest BCUT2D eigenvalue weighted by atomic mass is 16.5. The molecule has 0 aromatic carbocycles. The topological polar surface area (TPSA) is 26.3 Å². The summed E-state index contributed by atoms with van der Waals surface area (Å²) >= 11 is 0. The predicted molar refractivity (Wildman–Crippen MR) is 68.2 cm³/mol. The molecule has 0 fully saturated rings. The van der Waals surface area contributed by atoms with Crippen molar-refractivity contribution in [1.82, 2.24) is 0 Å². The quantitative estimate of drug-likeness (QED) is 0.337. The van der Waals surface area contributed by atoms with Gasteiger partial charge in [-0.2, -0.15) is 0 Å². The number of hydrogen-bond donors (Lipinski definition) is 0. The molecular formula is C14H22O2. The third-order valence-corrected chi connectivity index (χ3v) is 2.06. The van der Waals surface area contributed by atoms with Crippen LogP contribution in [-0.4, -0.2) is 12.6 Å². The highest BCUT2D eigenvalue weighted by Crippen LogP contribution is 2.04. The van der Waals surface area contributed by atoms with E-state index in [1.807, 2.05) is 18.2 Å². The van der Waals surface area contributed by atoms with E-state index < -0.39 is 0 Å². The maximum absolute atomic E-state index is 10.5. The zero-order valence-electron chi connectivity index (χ0n) is 10.2. The number of ether oxygens (including phenoxy) is 1. The minimum absolute atomic E-state index is 0.183. The molecule has 2 nitrogen and oxygen atoms in total. The zero-order chi connectivity index (χ0) is 12.1. The highest BCUT2D eigenvalue weighted by molar-refractivity contribution is 5.65. The normalized spacial score (nSPS) is 11.1. The van der Waals surface area contributed by atoms with Gasteiger partial charge in [-0.15, -0.1) is 0 Å². The first kappa shape index (κ1) is 14.7. The second kappa shape index (κ2) is 11.8. The Morgan fingerprint density at radius 3 is 2.56 bits per heavy atom. The Morgan fingerprint density at radius 2 is 1.88 bits per heavy atom. The van der Waals surface area contributed by atoms with Crippen molar-refractivity contribution in [2.45, 2.75) is 39.0 Å². The molecule has 0 aliphatic carbocycles. The third-order valence-electron chi connectivity index (χ3n) is 2.06. The largest absolute Gasteiger partial charge is 0.466 e. The standard InChI is InChI=1S/C14H22O2/c1-3-4-5-6-7-8-9-10-11-12-13-16-14(2)15/h3-7H,1,8-13H2,2H3/b5-4-,7-6-. The number of unbranched alkanes of at least 4 members (excludes halogenated alkanes) is 4. The van der Waals surface area contributed by atoms with Gasteiger partial charge < -0.3 is 4.74 Å². The number of rotatable bonds is 9. The summed E-state index contributed by atoms with van der Waals surface area (Å²) < 4.78 is 4.84. The van der Waals surface area contributed by atoms with Crippen LogP contribution in [-0.2, 0) is 9.53 Å². The van der Waals surface area contributed by atoms with Crippen LogP contribution in [0.25, 0.3) is 0 Å². The van der Waals surface area contributed by atoms with Crippen molar-refractivity contribution >= 4 is 5.97 Å². The summed E-state index contributed by atoms with van der Waals surface area (Å²) in [7, 11) is 0. The minimum Gasteiger partial charge on any atom is -0.466 e. The lowest BCUT2D eigenvalue weighted by atomic mass is 10.1. The summed E-state index contributed by atoms with van der Waals surface area (Å²) in [5.41, 5.74) is 0. The molecule has 0 rings (SSSR count). The maximum Gasteiger partial charge on any atom is 0.302 e. The molecule has 0 radical (unpaired) electrons. The second-order valence-corrected chi connectivity index (χ2v) is 3.59. The molecule has 0 heterocycles. The van der Waals surface area contributed by atoms with Gasteiger partial charge in [-0.05, 0) is 19.3 Å². The van der Waals surface area contributed by atoms with Crippen molar-refractivity contribution in [3.05, 3.63) is 37.0 Å². The molecule has 0 spiro atoms. The van der Waals surface area contributed by atoms with E-state index in [0.717, 1.165) is 19.3 Å². The van der Waals surface area contributed by atoms with Gasteiger partial charge in [-0.3, -0.25) is 4.79 Å². The summed E-state index contributed by atoms with van der Waals surface area (Å²) in [4.78, 5) is 10.5. The van der Waals surface area contributed by atoms with Gasteiger partial charge in [-0.25, -0.2) is 0 Å². The Labute approximate surface area is 98.7 Å². The molecule has 0 saturated heterocycles. The van der Waals surface area contributed by atoms with Crippen molar-refractivity contribution < 1.29 is 9.53 Å². The van der Waals surface area contributed by atoms with Gasteiger partial charge >= 0.3 is 5.97 Å². The van der Waals surface area contributed by atoms with Crippen molar-refractivity contribution in [2.75, 3.05) is 6.61 Å². The monoisotopic (exact) mass is 222 g/mol. The summed E-state index contributed by atoms with van der Waals surface area (Å²) in [6.07, 6.45) is 15.4. The average molecular weight is 222 g/mol. The van der Waals surface area contributed by atoms with Crippen molar-refractivity contribution in [1.29, 1.82) is 0 Å². The molecule has 0 aromatic heterocycles. The molecule has 0 aliphatic rings. The van der Waals surface area contributed by atoms with E-state index in [4.69, 9.17) is 4.74 Å². The van der Waals surface area contributed by atoms with Crippen LogP contribution in [0.4, 0.5) is 0 Å². The molecular weight excluding hydrogens is 200 g/mol. The molecule has 0 aliphatic heterocycles. The Bertz CT molecular complexity index is 239. The number of esters is 1. The summed E-state index contributed by atoms with van der Waals surface area (Å²) in [5.74, 6) is -0.183. The fourth-order valence-corrected chi connectivity index (χ4v) is 1.25.